The summed E-state index contributed by atoms with van der Waals surface area (Å²) in [6.07, 6.45) is 0.0793. The van der Waals surface area contributed by atoms with E-state index < -0.39 is 11.9 Å². The van der Waals surface area contributed by atoms with E-state index in [4.69, 9.17) is 18.9 Å². The van der Waals surface area contributed by atoms with Gasteiger partial charge in [0.25, 0.3) is 0 Å². The third kappa shape index (κ3) is 4.52. The number of rotatable bonds is 6. The molecule has 0 amide bonds. The van der Waals surface area contributed by atoms with Gasteiger partial charge in [-0.2, -0.15) is 0 Å². The first kappa shape index (κ1) is 15.4. The highest BCUT2D eigenvalue weighted by atomic mass is 16.6. The summed E-state index contributed by atoms with van der Waals surface area (Å²) in [5, 5.41) is 0. The van der Waals surface area contributed by atoms with E-state index in [1.807, 2.05) is 0 Å². The minimum absolute atomic E-state index is 0. The van der Waals surface area contributed by atoms with Crippen LogP contribution in [0.15, 0.2) is 24.3 Å². The van der Waals surface area contributed by atoms with Gasteiger partial charge >= 0.3 is 11.9 Å². The maximum absolute atomic E-state index is 11.7. The van der Waals surface area contributed by atoms with Gasteiger partial charge in [-0.15, -0.1) is 0 Å². The Hall–Kier alpha value is -1.96. The van der Waals surface area contributed by atoms with E-state index in [9.17, 15) is 9.59 Å². The Morgan fingerprint density at radius 2 is 1.24 bits per heavy atom. The van der Waals surface area contributed by atoms with Gasteiger partial charge in [0.1, 0.15) is 25.4 Å². The van der Waals surface area contributed by atoms with E-state index in [2.05, 4.69) is 0 Å². The quantitative estimate of drug-likeness (QED) is 0.538. The molecule has 2 fully saturated rings. The fourth-order valence-corrected chi connectivity index (χ4v) is 1.57. The van der Waals surface area contributed by atoms with Gasteiger partial charge in [0.2, 0.25) is 0 Å². The summed E-state index contributed by atoms with van der Waals surface area (Å²) >= 11 is 0. The van der Waals surface area contributed by atoms with E-state index in [1.165, 1.54) is 0 Å². The predicted molar refractivity (Wildman–Crippen MR) is 70.1 cm³/mol. The van der Waals surface area contributed by atoms with Crippen molar-refractivity contribution in [2.75, 3.05) is 26.4 Å². The predicted octanol–water partition coefficient (Wildman–Crippen LogP) is -0.0269. The van der Waals surface area contributed by atoms with Crippen molar-refractivity contribution in [2.24, 2.45) is 0 Å². The molecule has 0 bridgehead atoms. The van der Waals surface area contributed by atoms with Gasteiger partial charge in [0, 0.05) is 0 Å². The standard InChI is InChI=1S/C14H14O6.H2O/c15-13(19-7-11-5-17-11)9-1-2-10(4-3-9)14(16)20-8-12-6-18-12;/h1-4,11-12H,5-8H2;1H2. The molecule has 0 aromatic heterocycles. The highest BCUT2D eigenvalue weighted by Gasteiger charge is 2.25. The average Bonchev–Trinajstić information content (AvgIpc) is 3.37. The lowest BCUT2D eigenvalue weighted by atomic mass is 10.1. The fourth-order valence-electron chi connectivity index (χ4n) is 1.57. The lowest BCUT2D eigenvalue weighted by molar-refractivity contribution is 0.0463. The van der Waals surface area contributed by atoms with Crippen LogP contribution in [-0.4, -0.2) is 56.1 Å². The number of ether oxygens (including phenoxy) is 4. The van der Waals surface area contributed by atoms with Crippen LogP contribution >= 0.6 is 0 Å². The van der Waals surface area contributed by atoms with Crippen LogP contribution in [0, 0.1) is 0 Å². The lowest BCUT2D eigenvalue weighted by Gasteiger charge is -2.05. The zero-order chi connectivity index (χ0) is 13.9. The van der Waals surface area contributed by atoms with Crippen molar-refractivity contribution >= 4 is 11.9 Å². The van der Waals surface area contributed by atoms with Crippen LogP contribution in [0.2, 0.25) is 0 Å². The summed E-state index contributed by atoms with van der Waals surface area (Å²) in [6, 6.07) is 6.17. The monoisotopic (exact) mass is 296 g/mol. The number of benzene rings is 1. The number of esters is 2. The van der Waals surface area contributed by atoms with Crippen LogP contribution in [0.3, 0.4) is 0 Å². The smallest absolute Gasteiger partial charge is 0.338 e. The summed E-state index contributed by atoms with van der Waals surface area (Å²) < 4.78 is 20.0. The van der Waals surface area contributed by atoms with Crippen molar-refractivity contribution in [3.63, 3.8) is 0 Å². The average molecular weight is 296 g/mol. The number of hydrogen-bond donors (Lipinski definition) is 0. The van der Waals surface area contributed by atoms with Gasteiger partial charge in [0.05, 0.1) is 24.3 Å². The van der Waals surface area contributed by atoms with Gasteiger partial charge in [-0.3, -0.25) is 0 Å². The molecule has 114 valence electrons. The molecule has 2 aliphatic heterocycles. The molecule has 2 saturated heterocycles. The van der Waals surface area contributed by atoms with Gasteiger partial charge in [-0.1, -0.05) is 0 Å². The number of carbonyl (C=O) groups is 2. The van der Waals surface area contributed by atoms with Gasteiger partial charge in [0.15, 0.2) is 0 Å². The number of epoxide rings is 2. The van der Waals surface area contributed by atoms with Gasteiger partial charge in [-0.25, -0.2) is 9.59 Å². The second kappa shape index (κ2) is 6.66. The SMILES string of the molecule is O.O=C(OCC1CO1)c1ccc(C(=O)OCC2CO2)cc1. The van der Waals surface area contributed by atoms with Crippen molar-refractivity contribution in [3.05, 3.63) is 35.4 Å². The van der Waals surface area contributed by atoms with Crippen molar-refractivity contribution in [3.8, 4) is 0 Å². The second-order valence-electron chi connectivity index (χ2n) is 4.68. The topological polar surface area (TPSA) is 109 Å². The zero-order valence-electron chi connectivity index (χ0n) is 11.2. The second-order valence-corrected chi connectivity index (χ2v) is 4.68. The van der Waals surface area contributed by atoms with Crippen molar-refractivity contribution in [1.82, 2.24) is 0 Å². The van der Waals surface area contributed by atoms with Crippen LogP contribution in [0.25, 0.3) is 0 Å². The number of carbonyl (C=O) groups excluding carboxylic acids is 2. The van der Waals surface area contributed by atoms with E-state index >= 15 is 0 Å². The summed E-state index contributed by atoms with van der Waals surface area (Å²) in [5.41, 5.74) is 0.792. The largest absolute Gasteiger partial charge is 0.459 e. The first-order valence-corrected chi connectivity index (χ1v) is 6.40. The summed E-state index contributed by atoms with van der Waals surface area (Å²) in [6.45, 7) is 1.82. The molecule has 21 heavy (non-hydrogen) atoms. The third-order valence-corrected chi connectivity index (χ3v) is 2.96. The maximum atomic E-state index is 11.7. The van der Waals surface area contributed by atoms with Gasteiger partial charge < -0.3 is 24.4 Å². The van der Waals surface area contributed by atoms with Crippen LogP contribution in [0.1, 0.15) is 20.7 Å². The minimum atomic E-state index is -0.424. The molecule has 3 rings (SSSR count). The normalized spacial score (nSPS) is 21.9. The molecule has 2 atom stereocenters. The zero-order valence-corrected chi connectivity index (χ0v) is 11.2. The molecule has 1 aromatic carbocycles. The van der Waals surface area contributed by atoms with Crippen molar-refractivity contribution < 1.29 is 34.0 Å². The highest BCUT2D eigenvalue weighted by molar-refractivity contribution is 5.93. The summed E-state index contributed by atoms with van der Waals surface area (Å²) in [7, 11) is 0. The molecule has 7 heteroatoms. The maximum Gasteiger partial charge on any atom is 0.338 e. The molecule has 0 aliphatic carbocycles. The molecule has 7 nitrogen and oxygen atoms in total. The Morgan fingerprint density at radius 3 is 1.52 bits per heavy atom. The number of hydrogen-bond acceptors (Lipinski definition) is 6. The van der Waals surface area contributed by atoms with Gasteiger partial charge in [-0.05, 0) is 24.3 Å². The summed E-state index contributed by atoms with van der Waals surface area (Å²) in [5.74, 6) is -0.849. The van der Waals surface area contributed by atoms with E-state index in [0.29, 0.717) is 24.3 Å². The Labute approximate surface area is 121 Å². The van der Waals surface area contributed by atoms with E-state index in [-0.39, 0.29) is 30.9 Å². The first-order chi connectivity index (χ1) is 9.72. The molecular weight excluding hydrogens is 280 g/mol. The van der Waals surface area contributed by atoms with Crippen molar-refractivity contribution in [1.29, 1.82) is 0 Å². The Morgan fingerprint density at radius 1 is 0.905 bits per heavy atom. The van der Waals surface area contributed by atoms with Crippen LogP contribution in [0.5, 0.6) is 0 Å². The molecule has 0 radical (unpaired) electrons. The van der Waals surface area contributed by atoms with Crippen LogP contribution in [-0.2, 0) is 18.9 Å². The Kier molecular flexibility index (Phi) is 4.89. The molecular formula is C14H16O7. The van der Waals surface area contributed by atoms with Crippen LogP contribution in [0.4, 0.5) is 0 Å². The molecule has 2 heterocycles. The minimum Gasteiger partial charge on any atom is -0.459 e. The van der Waals surface area contributed by atoms with E-state index in [0.717, 1.165) is 0 Å². The summed E-state index contributed by atoms with van der Waals surface area (Å²) in [4.78, 5) is 23.3. The molecule has 0 spiro atoms. The molecule has 2 aliphatic rings. The molecule has 2 N–H and O–H groups in total. The molecule has 1 aromatic rings. The fraction of sp³-hybridized carbons (Fsp3) is 0.429. The molecule has 2 unspecified atom stereocenters. The van der Waals surface area contributed by atoms with Crippen LogP contribution < -0.4 is 0 Å². The van der Waals surface area contributed by atoms with E-state index in [1.54, 1.807) is 24.3 Å². The lowest BCUT2D eigenvalue weighted by Crippen LogP contribution is -2.12. The Bertz CT molecular complexity index is 456. The highest BCUT2D eigenvalue weighted by Crippen LogP contribution is 2.13. The van der Waals surface area contributed by atoms with Crippen molar-refractivity contribution in [2.45, 2.75) is 12.2 Å². The Balaban J connectivity index is 0.00000161. The third-order valence-electron chi connectivity index (χ3n) is 2.96. The molecule has 0 saturated carbocycles. The first-order valence-electron chi connectivity index (χ1n) is 6.40.